The summed E-state index contributed by atoms with van der Waals surface area (Å²) >= 11 is 0. The Labute approximate surface area is 66.0 Å². The minimum atomic E-state index is 0.493. The molecule has 0 aromatic carbocycles. The van der Waals surface area contributed by atoms with E-state index in [1.165, 1.54) is 0 Å². The van der Waals surface area contributed by atoms with Gasteiger partial charge < -0.3 is 4.74 Å². The van der Waals surface area contributed by atoms with Crippen molar-refractivity contribution in [2.24, 2.45) is 0 Å². The summed E-state index contributed by atoms with van der Waals surface area (Å²) in [6.45, 7) is 4.98. The van der Waals surface area contributed by atoms with Crippen molar-refractivity contribution in [1.29, 1.82) is 0 Å². The van der Waals surface area contributed by atoms with Gasteiger partial charge in [0.1, 0.15) is 0 Å². The van der Waals surface area contributed by atoms with Crippen molar-refractivity contribution < 1.29 is 4.74 Å². The van der Waals surface area contributed by atoms with Crippen molar-refractivity contribution in [3.05, 3.63) is 11.8 Å². The summed E-state index contributed by atoms with van der Waals surface area (Å²) in [5.41, 5.74) is 1.04. The zero-order chi connectivity index (χ0) is 7.84. The summed E-state index contributed by atoms with van der Waals surface area (Å²) in [5, 5.41) is 4.32. The Balaban J connectivity index is 2.43. The number of rotatable bonds is 0. The van der Waals surface area contributed by atoms with E-state index < -0.39 is 0 Å². The Hall–Kier alpha value is -0.990. The summed E-state index contributed by atoms with van der Waals surface area (Å²) in [6, 6.07) is 2.47. The SMILES string of the molecule is Cc1cc2n(n1)C(C)CCO2. The number of aryl methyl sites for hydroxylation is 1. The molecule has 0 fully saturated rings. The van der Waals surface area contributed by atoms with Crippen LogP contribution in [-0.2, 0) is 0 Å². The molecule has 0 amide bonds. The molecule has 1 unspecified atom stereocenters. The Kier molecular flexibility index (Phi) is 1.37. The summed E-state index contributed by atoms with van der Waals surface area (Å²) in [7, 11) is 0. The van der Waals surface area contributed by atoms with Crippen molar-refractivity contribution in [2.45, 2.75) is 26.3 Å². The first-order valence-corrected chi connectivity index (χ1v) is 3.96. The summed E-state index contributed by atoms with van der Waals surface area (Å²) in [5.74, 6) is 0.918. The lowest BCUT2D eigenvalue weighted by Gasteiger charge is -2.20. The highest BCUT2D eigenvalue weighted by molar-refractivity contribution is 5.16. The molecule has 0 bridgehead atoms. The van der Waals surface area contributed by atoms with Gasteiger partial charge in [-0.15, -0.1) is 0 Å². The minimum absolute atomic E-state index is 0.493. The average molecular weight is 152 g/mol. The van der Waals surface area contributed by atoms with Crippen LogP contribution in [0.15, 0.2) is 6.07 Å². The van der Waals surface area contributed by atoms with Gasteiger partial charge in [0.05, 0.1) is 18.3 Å². The van der Waals surface area contributed by atoms with Crippen molar-refractivity contribution >= 4 is 0 Å². The fraction of sp³-hybridized carbons (Fsp3) is 0.625. The maximum Gasteiger partial charge on any atom is 0.212 e. The standard InChI is InChI=1S/C8H12N2O/c1-6-5-8-10(9-6)7(2)3-4-11-8/h5,7H,3-4H2,1-2H3. The van der Waals surface area contributed by atoms with E-state index >= 15 is 0 Å². The zero-order valence-corrected chi connectivity index (χ0v) is 6.87. The lowest BCUT2D eigenvalue weighted by Crippen LogP contribution is -2.18. The molecule has 0 spiro atoms. The number of fused-ring (bicyclic) bond motifs is 1. The number of hydrogen-bond donors (Lipinski definition) is 0. The fourth-order valence-electron chi connectivity index (χ4n) is 1.37. The van der Waals surface area contributed by atoms with Crippen LogP contribution < -0.4 is 4.74 Å². The number of aromatic nitrogens is 2. The second-order valence-electron chi connectivity index (χ2n) is 3.05. The monoisotopic (exact) mass is 152 g/mol. The van der Waals surface area contributed by atoms with E-state index in [4.69, 9.17) is 4.74 Å². The van der Waals surface area contributed by atoms with Crippen LogP contribution in [0.4, 0.5) is 0 Å². The van der Waals surface area contributed by atoms with E-state index in [-0.39, 0.29) is 0 Å². The maximum absolute atomic E-state index is 5.42. The molecule has 0 saturated heterocycles. The van der Waals surface area contributed by atoms with Gasteiger partial charge in [-0.3, -0.25) is 0 Å². The van der Waals surface area contributed by atoms with Gasteiger partial charge in [0.25, 0.3) is 0 Å². The number of ether oxygens (including phenoxy) is 1. The van der Waals surface area contributed by atoms with E-state index in [0.717, 1.165) is 24.6 Å². The molecule has 2 heterocycles. The van der Waals surface area contributed by atoms with Crippen LogP contribution in [0, 0.1) is 6.92 Å². The summed E-state index contributed by atoms with van der Waals surface area (Å²) in [6.07, 6.45) is 1.06. The quantitative estimate of drug-likeness (QED) is 0.563. The molecule has 60 valence electrons. The second-order valence-corrected chi connectivity index (χ2v) is 3.05. The van der Waals surface area contributed by atoms with Gasteiger partial charge in [0.15, 0.2) is 0 Å². The fourth-order valence-corrected chi connectivity index (χ4v) is 1.37. The summed E-state index contributed by atoms with van der Waals surface area (Å²) < 4.78 is 7.37. The third kappa shape index (κ3) is 1.00. The lowest BCUT2D eigenvalue weighted by molar-refractivity contribution is 0.201. The van der Waals surface area contributed by atoms with Crippen molar-refractivity contribution in [3.63, 3.8) is 0 Å². The molecule has 1 atom stereocenters. The first-order chi connectivity index (χ1) is 5.27. The molecule has 1 aliphatic rings. The van der Waals surface area contributed by atoms with Crippen LogP contribution in [-0.4, -0.2) is 16.4 Å². The number of nitrogens with zero attached hydrogens (tertiary/aromatic N) is 2. The van der Waals surface area contributed by atoms with Crippen molar-refractivity contribution in [1.82, 2.24) is 9.78 Å². The largest absolute Gasteiger partial charge is 0.478 e. The van der Waals surface area contributed by atoms with Crippen LogP contribution in [0.2, 0.25) is 0 Å². The molecule has 1 aromatic rings. The molecule has 3 nitrogen and oxygen atoms in total. The van der Waals surface area contributed by atoms with Gasteiger partial charge in [0.2, 0.25) is 5.88 Å². The van der Waals surface area contributed by atoms with E-state index in [2.05, 4.69) is 12.0 Å². The highest BCUT2D eigenvalue weighted by Crippen LogP contribution is 2.25. The first-order valence-electron chi connectivity index (χ1n) is 3.96. The van der Waals surface area contributed by atoms with E-state index in [9.17, 15) is 0 Å². The van der Waals surface area contributed by atoms with E-state index in [0.29, 0.717) is 6.04 Å². The van der Waals surface area contributed by atoms with Crippen molar-refractivity contribution in [2.75, 3.05) is 6.61 Å². The molecule has 0 N–H and O–H groups in total. The lowest BCUT2D eigenvalue weighted by atomic mass is 10.2. The first kappa shape index (κ1) is 6.70. The highest BCUT2D eigenvalue weighted by atomic mass is 16.5. The molecule has 0 aliphatic carbocycles. The summed E-state index contributed by atoms with van der Waals surface area (Å²) in [4.78, 5) is 0. The number of hydrogen-bond acceptors (Lipinski definition) is 2. The van der Waals surface area contributed by atoms with Gasteiger partial charge in [-0.25, -0.2) is 4.68 Å². The predicted octanol–water partition coefficient (Wildman–Crippen LogP) is 1.54. The zero-order valence-electron chi connectivity index (χ0n) is 6.87. The Morgan fingerprint density at radius 2 is 2.55 bits per heavy atom. The molecule has 1 aliphatic heterocycles. The minimum Gasteiger partial charge on any atom is -0.478 e. The molecule has 11 heavy (non-hydrogen) atoms. The van der Waals surface area contributed by atoms with Crippen molar-refractivity contribution in [3.8, 4) is 5.88 Å². The van der Waals surface area contributed by atoms with Crippen LogP contribution >= 0.6 is 0 Å². The Morgan fingerprint density at radius 1 is 1.73 bits per heavy atom. The smallest absolute Gasteiger partial charge is 0.212 e. The molecule has 2 rings (SSSR count). The Morgan fingerprint density at radius 3 is 3.27 bits per heavy atom. The highest BCUT2D eigenvalue weighted by Gasteiger charge is 2.17. The topological polar surface area (TPSA) is 27.1 Å². The second kappa shape index (κ2) is 2.26. The van der Waals surface area contributed by atoms with E-state index in [1.54, 1.807) is 0 Å². The van der Waals surface area contributed by atoms with E-state index in [1.807, 2.05) is 17.7 Å². The van der Waals surface area contributed by atoms with Gasteiger partial charge in [-0.1, -0.05) is 0 Å². The molecular weight excluding hydrogens is 140 g/mol. The van der Waals surface area contributed by atoms with Gasteiger partial charge in [-0.2, -0.15) is 5.10 Å². The maximum atomic E-state index is 5.42. The van der Waals surface area contributed by atoms with Crippen LogP contribution in [0.3, 0.4) is 0 Å². The predicted molar refractivity (Wildman–Crippen MR) is 41.8 cm³/mol. The molecule has 3 heteroatoms. The Bertz CT molecular complexity index is 267. The van der Waals surface area contributed by atoms with Gasteiger partial charge in [0, 0.05) is 12.5 Å². The molecule has 0 radical (unpaired) electrons. The van der Waals surface area contributed by atoms with Crippen LogP contribution in [0.25, 0.3) is 0 Å². The third-order valence-corrected chi connectivity index (χ3v) is 2.03. The average Bonchev–Trinajstić information content (AvgIpc) is 2.31. The normalized spacial score (nSPS) is 22.5. The van der Waals surface area contributed by atoms with Gasteiger partial charge in [-0.05, 0) is 13.8 Å². The van der Waals surface area contributed by atoms with Crippen LogP contribution in [0.5, 0.6) is 5.88 Å². The molecule has 0 saturated carbocycles. The molecular formula is C8H12N2O. The molecule has 1 aromatic heterocycles. The van der Waals surface area contributed by atoms with Gasteiger partial charge >= 0.3 is 0 Å². The van der Waals surface area contributed by atoms with Crippen LogP contribution in [0.1, 0.15) is 25.1 Å². The third-order valence-electron chi connectivity index (χ3n) is 2.03.